The van der Waals surface area contributed by atoms with Gasteiger partial charge in [-0.1, -0.05) is 6.42 Å². The van der Waals surface area contributed by atoms with E-state index in [1.165, 1.54) is 0 Å². The third-order valence-electron chi connectivity index (χ3n) is 1.29. The highest BCUT2D eigenvalue weighted by atomic mass is 79.9. The minimum Gasteiger partial charge on any atom is -1.00 e. The summed E-state index contributed by atoms with van der Waals surface area (Å²) in [5.41, 5.74) is 10.4. The summed E-state index contributed by atoms with van der Waals surface area (Å²) in [4.78, 5) is 10.1. The zero-order valence-electron chi connectivity index (χ0n) is 7.29. The van der Waals surface area contributed by atoms with Gasteiger partial charge < -0.3 is 33.6 Å². The minimum absolute atomic E-state index is 0. The molecule has 0 aliphatic carbocycles. The Kier molecular flexibility index (Phi) is 9.75. The molecule has 0 aliphatic rings. The molecule has 0 fully saturated rings. The van der Waals surface area contributed by atoms with Crippen molar-refractivity contribution in [1.29, 1.82) is 0 Å². The molecule has 0 radical (unpaired) electrons. The highest BCUT2D eigenvalue weighted by Gasteiger charge is 2.09. The van der Waals surface area contributed by atoms with E-state index < -0.39 is 12.0 Å². The van der Waals surface area contributed by atoms with Gasteiger partial charge in [0.25, 0.3) is 0 Å². The third-order valence-corrected chi connectivity index (χ3v) is 1.29. The summed E-state index contributed by atoms with van der Waals surface area (Å²) in [6.45, 7) is 0.604. The number of halogens is 1. The molecule has 68 valence electrons. The van der Waals surface area contributed by atoms with Crippen molar-refractivity contribution in [3.8, 4) is 0 Å². The average Bonchev–Trinajstić information content (AvgIpc) is 1.88. The number of hydrogen-bond donors (Lipinski definition) is 3. The van der Waals surface area contributed by atoms with E-state index in [1.54, 1.807) is 0 Å². The minimum atomic E-state index is -0.933. The van der Waals surface area contributed by atoms with Crippen LogP contribution in [-0.4, -0.2) is 23.7 Å². The summed E-state index contributed by atoms with van der Waals surface area (Å²) in [7, 11) is 0. The topological polar surface area (TPSA) is 89.3 Å². The number of unbranched alkanes of at least 4 members (excludes halogenated alkanes) is 1. The molecule has 11 heavy (non-hydrogen) atoms. The van der Waals surface area contributed by atoms with Crippen molar-refractivity contribution >= 4 is 5.97 Å². The predicted octanol–water partition coefficient (Wildman–Crippen LogP) is -3.36. The fraction of sp³-hybridized carbons (Fsp3) is 0.833. The maximum absolute atomic E-state index is 10.1. The van der Waals surface area contributed by atoms with Gasteiger partial charge in [0, 0.05) is 0 Å². The van der Waals surface area contributed by atoms with Gasteiger partial charge in [0.15, 0.2) is 0 Å². The average molecular weight is 227 g/mol. The number of nitrogens with two attached hydrogens (primary N) is 2. The lowest BCUT2D eigenvalue weighted by Gasteiger charge is -2.03. The molecule has 1 unspecified atom stereocenters. The summed E-state index contributed by atoms with van der Waals surface area (Å²) in [6, 6.07) is -0.716. The number of rotatable bonds is 5. The van der Waals surface area contributed by atoms with Crippen LogP contribution in [0.3, 0.4) is 0 Å². The maximum atomic E-state index is 10.1. The van der Waals surface area contributed by atoms with Gasteiger partial charge in [-0.05, 0) is 19.4 Å². The summed E-state index contributed by atoms with van der Waals surface area (Å²) in [5.74, 6) is -0.933. The lowest BCUT2D eigenvalue weighted by atomic mass is 10.1. The van der Waals surface area contributed by atoms with Crippen LogP contribution in [0.2, 0.25) is 0 Å². The summed E-state index contributed by atoms with van der Waals surface area (Å²) in [6.07, 6.45) is 2.16. The number of hydrogen-bond acceptors (Lipinski definition) is 3. The zero-order valence-corrected chi connectivity index (χ0v) is 7.88. The van der Waals surface area contributed by atoms with Crippen LogP contribution in [0.4, 0.5) is 0 Å². The first kappa shape index (κ1) is 13.5. The Morgan fingerprint density at radius 3 is 2.45 bits per heavy atom. The Morgan fingerprint density at radius 1 is 1.55 bits per heavy atom. The van der Waals surface area contributed by atoms with Gasteiger partial charge in [-0.2, -0.15) is 0 Å². The zero-order chi connectivity index (χ0) is 7.98. The molecule has 0 aromatic carbocycles. The Labute approximate surface area is 78.2 Å². The van der Waals surface area contributed by atoms with Crippen LogP contribution in [-0.2, 0) is 4.79 Å². The fourth-order valence-electron chi connectivity index (χ4n) is 0.632. The van der Waals surface area contributed by atoms with E-state index in [-0.39, 0.29) is 18.4 Å². The maximum Gasteiger partial charge on any atom is 1.00 e. The lowest BCUT2D eigenvalue weighted by Crippen LogP contribution is -3.00. The second-order valence-corrected chi connectivity index (χ2v) is 2.23. The molecule has 5 heteroatoms. The molecule has 0 heterocycles. The van der Waals surface area contributed by atoms with Gasteiger partial charge in [0.2, 0.25) is 0 Å². The summed E-state index contributed by atoms with van der Waals surface area (Å²) in [5, 5.41) is 8.33. The quantitative estimate of drug-likeness (QED) is 0.428. The highest BCUT2D eigenvalue weighted by Crippen LogP contribution is 1.96. The standard InChI is InChI=1S/C6H14N2O2.BrH/c7-4-2-1-3-5(8)6(9)10;/h5H,1-4,7-8H2,(H,9,10);1H. The first-order valence-electron chi connectivity index (χ1n) is 3.37. The second kappa shape index (κ2) is 7.97. The summed E-state index contributed by atoms with van der Waals surface area (Å²) >= 11 is 0. The van der Waals surface area contributed by atoms with Gasteiger partial charge in [-0.25, -0.2) is 0 Å². The molecule has 0 aromatic heterocycles. The Balaban J connectivity index is -0.000000405. The normalized spacial score (nSPS) is 11.8. The van der Waals surface area contributed by atoms with Gasteiger partial charge in [0.1, 0.15) is 6.04 Å². The van der Waals surface area contributed by atoms with E-state index in [0.29, 0.717) is 13.0 Å². The van der Waals surface area contributed by atoms with E-state index >= 15 is 0 Å². The molecule has 4 nitrogen and oxygen atoms in total. The Bertz CT molecular complexity index is 116. The van der Waals surface area contributed by atoms with Crippen molar-refractivity contribution in [2.75, 3.05) is 6.54 Å². The molecule has 5 N–H and O–H groups in total. The first-order valence-corrected chi connectivity index (χ1v) is 3.37. The summed E-state index contributed by atoms with van der Waals surface area (Å²) < 4.78 is 0. The molecular weight excluding hydrogens is 212 g/mol. The molecule has 0 saturated carbocycles. The van der Waals surface area contributed by atoms with Crippen molar-refractivity contribution in [2.24, 2.45) is 11.5 Å². The van der Waals surface area contributed by atoms with E-state index in [2.05, 4.69) is 0 Å². The van der Waals surface area contributed by atoms with Crippen molar-refractivity contribution < 1.29 is 28.3 Å². The molecular formula is C6H15BrN2O2. The molecule has 0 spiro atoms. The van der Waals surface area contributed by atoms with Crippen LogP contribution in [0.1, 0.15) is 20.7 Å². The van der Waals surface area contributed by atoms with Crippen molar-refractivity contribution in [3.63, 3.8) is 0 Å². The second-order valence-electron chi connectivity index (χ2n) is 2.23. The molecule has 0 amide bonds. The SMILES string of the molecule is NCCCCC(N)C(=O)O.[Br-].[H+]. The van der Waals surface area contributed by atoms with Crippen molar-refractivity contribution in [1.82, 2.24) is 0 Å². The smallest absolute Gasteiger partial charge is 1.00 e. The first-order chi connectivity index (χ1) is 4.68. The van der Waals surface area contributed by atoms with Crippen LogP contribution in [0, 0.1) is 0 Å². The van der Waals surface area contributed by atoms with Crippen LogP contribution < -0.4 is 28.4 Å². The lowest BCUT2D eigenvalue weighted by molar-refractivity contribution is -0.138. The van der Waals surface area contributed by atoms with E-state index in [9.17, 15) is 4.79 Å². The fourth-order valence-corrected chi connectivity index (χ4v) is 0.632. The van der Waals surface area contributed by atoms with Crippen LogP contribution in [0.25, 0.3) is 0 Å². The van der Waals surface area contributed by atoms with Gasteiger partial charge in [0.05, 0.1) is 0 Å². The van der Waals surface area contributed by atoms with Gasteiger partial charge in [-0.3, -0.25) is 4.79 Å². The molecule has 0 rings (SSSR count). The number of carbonyl (C=O) groups is 1. The predicted molar refractivity (Wildman–Crippen MR) is 39.6 cm³/mol. The monoisotopic (exact) mass is 226 g/mol. The molecule has 0 bridgehead atoms. The number of aliphatic carboxylic acids is 1. The molecule has 0 saturated heterocycles. The van der Waals surface area contributed by atoms with E-state index in [1.807, 2.05) is 0 Å². The van der Waals surface area contributed by atoms with E-state index in [0.717, 1.165) is 12.8 Å². The molecule has 0 aliphatic heterocycles. The van der Waals surface area contributed by atoms with Crippen molar-refractivity contribution in [3.05, 3.63) is 0 Å². The molecule has 1 atom stereocenters. The number of carboxylic acids is 1. The van der Waals surface area contributed by atoms with E-state index in [4.69, 9.17) is 16.6 Å². The Hall–Kier alpha value is -0.130. The highest BCUT2D eigenvalue weighted by molar-refractivity contribution is 5.72. The third kappa shape index (κ3) is 7.77. The van der Waals surface area contributed by atoms with Crippen LogP contribution in [0.15, 0.2) is 0 Å². The van der Waals surface area contributed by atoms with Crippen molar-refractivity contribution in [2.45, 2.75) is 25.3 Å². The van der Waals surface area contributed by atoms with Gasteiger partial charge >= 0.3 is 7.40 Å². The van der Waals surface area contributed by atoms with Gasteiger partial charge in [-0.15, -0.1) is 0 Å². The van der Waals surface area contributed by atoms with Crippen LogP contribution >= 0.6 is 0 Å². The Morgan fingerprint density at radius 2 is 2.09 bits per heavy atom. The molecule has 0 aromatic rings. The van der Waals surface area contributed by atoms with Crippen LogP contribution in [0.5, 0.6) is 0 Å². The number of carboxylic acid groups (broad SMARTS) is 1. The largest absolute Gasteiger partial charge is 1.00 e.